The van der Waals surface area contributed by atoms with Gasteiger partial charge >= 0.3 is 0 Å². The molecule has 3 N–H and O–H groups in total. The summed E-state index contributed by atoms with van der Waals surface area (Å²) in [5.41, 5.74) is 7.74. The van der Waals surface area contributed by atoms with Crippen LogP contribution in [-0.2, 0) is 6.54 Å². The van der Waals surface area contributed by atoms with E-state index in [0.717, 1.165) is 5.69 Å². The molecule has 0 radical (unpaired) electrons. The summed E-state index contributed by atoms with van der Waals surface area (Å²) in [5.74, 6) is -0.369. The van der Waals surface area contributed by atoms with Crippen LogP contribution in [0.4, 0.5) is 11.4 Å². The Morgan fingerprint density at radius 3 is 2.86 bits per heavy atom. The molecule has 7 heteroatoms. The first kappa shape index (κ1) is 14.4. The number of carbonyl (C=O) groups is 1. The molecular weight excluding hydrogens is 272 g/mol. The Hall–Kier alpha value is -2.96. The number of nitrogens with zero attached hydrogens (tertiary/aromatic N) is 2. The van der Waals surface area contributed by atoms with Crippen molar-refractivity contribution in [2.75, 3.05) is 5.73 Å². The minimum Gasteiger partial charge on any atom is -0.398 e. The quantitative estimate of drug-likeness (QED) is 0.657. The predicted molar refractivity (Wildman–Crippen MR) is 77.7 cm³/mol. The molecule has 0 aliphatic heterocycles. The highest BCUT2D eigenvalue weighted by molar-refractivity contribution is 5.98. The van der Waals surface area contributed by atoms with E-state index in [4.69, 9.17) is 5.73 Å². The second-order valence-corrected chi connectivity index (χ2v) is 4.52. The lowest BCUT2D eigenvalue weighted by molar-refractivity contribution is -0.384. The highest BCUT2D eigenvalue weighted by Gasteiger charge is 2.11. The number of non-ortho nitro benzene ring substituents is 1. The van der Waals surface area contributed by atoms with Gasteiger partial charge < -0.3 is 11.1 Å². The maximum atomic E-state index is 12.0. The lowest BCUT2D eigenvalue weighted by Crippen LogP contribution is -2.24. The van der Waals surface area contributed by atoms with Gasteiger partial charge in [-0.05, 0) is 18.6 Å². The zero-order chi connectivity index (χ0) is 15.4. The summed E-state index contributed by atoms with van der Waals surface area (Å²) in [7, 11) is 0. The Balaban J connectivity index is 2.07. The number of nitrogens with one attached hydrogen (secondary N) is 1. The van der Waals surface area contributed by atoms with Crippen molar-refractivity contribution in [2.45, 2.75) is 13.5 Å². The molecule has 0 atom stereocenters. The molecule has 1 amide bonds. The third-order valence-corrected chi connectivity index (χ3v) is 2.89. The van der Waals surface area contributed by atoms with Crippen LogP contribution in [0.3, 0.4) is 0 Å². The third-order valence-electron chi connectivity index (χ3n) is 2.89. The SMILES string of the molecule is Cc1cc(N)c(C(=O)NCc2cccc([N+](=O)[O-])c2)cn1. The summed E-state index contributed by atoms with van der Waals surface area (Å²) in [6.45, 7) is 1.95. The van der Waals surface area contributed by atoms with Gasteiger partial charge in [0.15, 0.2) is 0 Å². The molecule has 7 nitrogen and oxygen atoms in total. The molecule has 108 valence electrons. The molecule has 2 rings (SSSR count). The normalized spacial score (nSPS) is 10.1. The van der Waals surface area contributed by atoms with Gasteiger partial charge in [-0.1, -0.05) is 12.1 Å². The van der Waals surface area contributed by atoms with E-state index < -0.39 is 4.92 Å². The van der Waals surface area contributed by atoms with Crippen LogP contribution in [0.2, 0.25) is 0 Å². The second kappa shape index (κ2) is 6.00. The molecule has 0 bridgehead atoms. The molecule has 0 saturated heterocycles. The molecule has 2 aromatic rings. The number of carbonyl (C=O) groups excluding carboxylic acids is 1. The van der Waals surface area contributed by atoms with Gasteiger partial charge in [0, 0.05) is 36.3 Å². The van der Waals surface area contributed by atoms with Crippen molar-refractivity contribution in [1.82, 2.24) is 10.3 Å². The van der Waals surface area contributed by atoms with E-state index in [9.17, 15) is 14.9 Å². The van der Waals surface area contributed by atoms with Crippen molar-refractivity contribution in [3.63, 3.8) is 0 Å². The summed E-state index contributed by atoms with van der Waals surface area (Å²) in [6, 6.07) is 7.69. The molecule has 0 aliphatic rings. The predicted octanol–water partition coefficient (Wildman–Crippen LogP) is 1.81. The minimum atomic E-state index is -0.479. The van der Waals surface area contributed by atoms with Gasteiger partial charge in [0.25, 0.3) is 11.6 Å². The maximum Gasteiger partial charge on any atom is 0.269 e. The smallest absolute Gasteiger partial charge is 0.269 e. The minimum absolute atomic E-state index is 0.0155. The van der Waals surface area contributed by atoms with Gasteiger partial charge in [0.1, 0.15) is 0 Å². The number of aromatic nitrogens is 1. The molecule has 1 aromatic carbocycles. The standard InChI is InChI=1S/C14H14N4O3/c1-9-5-13(15)12(8-16-9)14(19)17-7-10-3-2-4-11(6-10)18(20)21/h2-6,8H,7H2,1H3,(H2,15,16)(H,17,19). The third kappa shape index (κ3) is 3.53. The Kier molecular flexibility index (Phi) is 4.13. The number of nitrogens with two attached hydrogens (primary N) is 1. The van der Waals surface area contributed by atoms with Gasteiger partial charge in [0.05, 0.1) is 10.5 Å². The first-order valence-electron chi connectivity index (χ1n) is 6.21. The van der Waals surface area contributed by atoms with E-state index in [1.165, 1.54) is 18.3 Å². The van der Waals surface area contributed by atoms with Gasteiger partial charge in [-0.2, -0.15) is 0 Å². The summed E-state index contributed by atoms with van der Waals surface area (Å²) >= 11 is 0. The topological polar surface area (TPSA) is 111 Å². The molecule has 0 fully saturated rings. The average Bonchev–Trinajstić information content (AvgIpc) is 2.45. The number of pyridine rings is 1. The number of hydrogen-bond donors (Lipinski definition) is 2. The highest BCUT2D eigenvalue weighted by atomic mass is 16.6. The summed E-state index contributed by atoms with van der Waals surface area (Å²) in [5, 5.41) is 13.3. The van der Waals surface area contributed by atoms with E-state index in [1.807, 2.05) is 0 Å². The first-order valence-corrected chi connectivity index (χ1v) is 6.21. The van der Waals surface area contributed by atoms with Crippen LogP contribution in [-0.4, -0.2) is 15.8 Å². The number of rotatable bonds is 4. The Labute approximate surface area is 121 Å². The van der Waals surface area contributed by atoms with E-state index in [1.54, 1.807) is 25.1 Å². The number of aryl methyl sites for hydroxylation is 1. The van der Waals surface area contributed by atoms with Crippen LogP contribution < -0.4 is 11.1 Å². The van der Waals surface area contributed by atoms with Crippen molar-refractivity contribution in [1.29, 1.82) is 0 Å². The van der Waals surface area contributed by atoms with Crippen molar-refractivity contribution in [3.8, 4) is 0 Å². The highest BCUT2D eigenvalue weighted by Crippen LogP contribution is 2.14. The molecule has 0 unspecified atom stereocenters. The first-order chi connectivity index (χ1) is 9.97. The van der Waals surface area contributed by atoms with Crippen LogP contribution >= 0.6 is 0 Å². The molecule has 0 spiro atoms. The van der Waals surface area contributed by atoms with Crippen molar-refractivity contribution >= 4 is 17.3 Å². The number of amides is 1. The van der Waals surface area contributed by atoms with Crippen LogP contribution in [0.1, 0.15) is 21.6 Å². The van der Waals surface area contributed by atoms with Crippen molar-refractivity contribution in [3.05, 3.63) is 63.5 Å². The van der Waals surface area contributed by atoms with Crippen LogP contribution in [0.25, 0.3) is 0 Å². The van der Waals surface area contributed by atoms with Crippen LogP contribution in [0.15, 0.2) is 36.5 Å². The van der Waals surface area contributed by atoms with Gasteiger partial charge in [-0.25, -0.2) is 0 Å². The molecule has 0 saturated carbocycles. The lowest BCUT2D eigenvalue weighted by atomic mass is 10.1. The largest absolute Gasteiger partial charge is 0.398 e. The molecular formula is C14H14N4O3. The van der Waals surface area contributed by atoms with E-state index in [-0.39, 0.29) is 23.7 Å². The number of hydrogen-bond acceptors (Lipinski definition) is 5. The van der Waals surface area contributed by atoms with Crippen LogP contribution in [0.5, 0.6) is 0 Å². The van der Waals surface area contributed by atoms with Crippen LogP contribution in [0, 0.1) is 17.0 Å². The van der Waals surface area contributed by atoms with E-state index in [0.29, 0.717) is 11.3 Å². The fraction of sp³-hybridized carbons (Fsp3) is 0.143. The molecule has 1 heterocycles. The Bertz CT molecular complexity index is 700. The zero-order valence-electron chi connectivity index (χ0n) is 11.4. The molecule has 21 heavy (non-hydrogen) atoms. The van der Waals surface area contributed by atoms with Gasteiger partial charge in [-0.3, -0.25) is 19.9 Å². The fourth-order valence-electron chi connectivity index (χ4n) is 1.83. The Morgan fingerprint density at radius 2 is 2.19 bits per heavy atom. The zero-order valence-corrected chi connectivity index (χ0v) is 11.4. The summed E-state index contributed by atoms with van der Waals surface area (Å²) < 4.78 is 0. The number of nitro benzene ring substituents is 1. The van der Waals surface area contributed by atoms with E-state index >= 15 is 0 Å². The van der Waals surface area contributed by atoms with Gasteiger partial charge in [0.2, 0.25) is 0 Å². The summed E-state index contributed by atoms with van der Waals surface area (Å²) in [6.07, 6.45) is 1.41. The number of anilines is 1. The second-order valence-electron chi connectivity index (χ2n) is 4.52. The average molecular weight is 286 g/mol. The number of benzene rings is 1. The molecule has 1 aromatic heterocycles. The monoisotopic (exact) mass is 286 g/mol. The van der Waals surface area contributed by atoms with Crippen molar-refractivity contribution in [2.24, 2.45) is 0 Å². The maximum absolute atomic E-state index is 12.0. The molecule has 0 aliphatic carbocycles. The number of nitro groups is 1. The Morgan fingerprint density at radius 1 is 1.43 bits per heavy atom. The summed E-state index contributed by atoms with van der Waals surface area (Å²) in [4.78, 5) is 26.2. The van der Waals surface area contributed by atoms with Gasteiger partial charge in [-0.15, -0.1) is 0 Å². The fourth-order valence-corrected chi connectivity index (χ4v) is 1.83. The van der Waals surface area contributed by atoms with Crippen molar-refractivity contribution < 1.29 is 9.72 Å². The van der Waals surface area contributed by atoms with E-state index in [2.05, 4.69) is 10.3 Å². The number of nitrogen functional groups attached to an aromatic ring is 1. The lowest BCUT2D eigenvalue weighted by Gasteiger charge is -2.07.